The number of aliphatic hydroxyl groups excluding tert-OH is 1. The molecule has 1 aromatic rings. The summed E-state index contributed by atoms with van der Waals surface area (Å²) < 4.78 is 5.18. The lowest BCUT2D eigenvalue weighted by Crippen LogP contribution is -2.14. The molecule has 0 spiro atoms. The van der Waals surface area contributed by atoms with Gasteiger partial charge in [0.2, 0.25) is 0 Å². The molecule has 0 saturated carbocycles. The highest BCUT2D eigenvalue weighted by Crippen LogP contribution is 2.32. The first-order chi connectivity index (χ1) is 6.70. The van der Waals surface area contributed by atoms with Crippen molar-refractivity contribution in [2.24, 2.45) is 5.73 Å². The third-order valence-electron chi connectivity index (χ3n) is 1.93. The molecule has 0 aliphatic heterocycles. The normalized spacial score (nSPS) is 12.5. The topological polar surface area (TPSA) is 75.7 Å². The third-order valence-corrected chi connectivity index (χ3v) is 1.93. The van der Waals surface area contributed by atoms with Crippen molar-refractivity contribution in [3.63, 3.8) is 0 Å². The van der Waals surface area contributed by atoms with E-state index in [0.29, 0.717) is 17.9 Å². The van der Waals surface area contributed by atoms with Crippen LogP contribution in [0.3, 0.4) is 0 Å². The molecule has 1 aromatic carbocycles. The third kappa shape index (κ3) is 2.16. The molecule has 0 saturated heterocycles. The number of nitrogens with two attached hydrogens (primary N) is 1. The van der Waals surface area contributed by atoms with Gasteiger partial charge in [-0.25, -0.2) is 0 Å². The lowest BCUT2D eigenvalue weighted by Gasteiger charge is -2.13. The molecule has 0 unspecified atom stereocenters. The van der Waals surface area contributed by atoms with E-state index in [1.807, 2.05) is 6.92 Å². The van der Waals surface area contributed by atoms with Gasteiger partial charge in [0.25, 0.3) is 0 Å². The highest BCUT2D eigenvalue weighted by molar-refractivity contribution is 5.46. The molecule has 0 amide bonds. The summed E-state index contributed by atoms with van der Waals surface area (Å²) in [6, 6.07) is 4.48. The van der Waals surface area contributed by atoms with E-state index in [1.165, 1.54) is 0 Å². The van der Waals surface area contributed by atoms with Crippen molar-refractivity contribution < 1.29 is 14.9 Å². The molecule has 0 aromatic heterocycles. The SMILES string of the molecule is CCOc1cccc([C@@H](N)CO)c1O. The Morgan fingerprint density at radius 1 is 1.50 bits per heavy atom. The summed E-state index contributed by atoms with van der Waals surface area (Å²) in [4.78, 5) is 0. The second-order valence-electron chi connectivity index (χ2n) is 2.92. The molecule has 0 heterocycles. The van der Waals surface area contributed by atoms with Crippen LogP contribution in [0, 0.1) is 0 Å². The average molecular weight is 197 g/mol. The van der Waals surface area contributed by atoms with Gasteiger partial charge < -0.3 is 20.7 Å². The maximum atomic E-state index is 9.71. The summed E-state index contributed by atoms with van der Waals surface area (Å²) >= 11 is 0. The van der Waals surface area contributed by atoms with Gasteiger partial charge in [-0.2, -0.15) is 0 Å². The van der Waals surface area contributed by atoms with Crippen molar-refractivity contribution in [2.45, 2.75) is 13.0 Å². The Morgan fingerprint density at radius 2 is 2.21 bits per heavy atom. The molecule has 78 valence electrons. The molecule has 14 heavy (non-hydrogen) atoms. The van der Waals surface area contributed by atoms with Crippen LogP contribution < -0.4 is 10.5 Å². The fourth-order valence-electron chi connectivity index (χ4n) is 1.21. The number of para-hydroxylation sites is 1. The van der Waals surface area contributed by atoms with Crippen LogP contribution >= 0.6 is 0 Å². The summed E-state index contributed by atoms with van der Waals surface area (Å²) in [7, 11) is 0. The molecule has 4 heteroatoms. The Kier molecular flexibility index (Phi) is 3.73. The zero-order valence-corrected chi connectivity index (χ0v) is 8.10. The van der Waals surface area contributed by atoms with Crippen molar-refractivity contribution >= 4 is 0 Å². The highest BCUT2D eigenvalue weighted by atomic mass is 16.5. The number of hydrogen-bond donors (Lipinski definition) is 3. The lowest BCUT2D eigenvalue weighted by molar-refractivity contribution is 0.262. The van der Waals surface area contributed by atoms with Gasteiger partial charge in [-0.15, -0.1) is 0 Å². The first-order valence-corrected chi connectivity index (χ1v) is 4.51. The predicted molar refractivity (Wildman–Crippen MR) is 53.3 cm³/mol. The van der Waals surface area contributed by atoms with E-state index < -0.39 is 6.04 Å². The van der Waals surface area contributed by atoms with Crippen LogP contribution in [0.1, 0.15) is 18.5 Å². The van der Waals surface area contributed by atoms with Crippen LogP contribution in [0.4, 0.5) is 0 Å². The van der Waals surface area contributed by atoms with Crippen LogP contribution in [0.15, 0.2) is 18.2 Å². The number of benzene rings is 1. The van der Waals surface area contributed by atoms with Gasteiger partial charge in [0.15, 0.2) is 11.5 Å². The van der Waals surface area contributed by atoms with Crippen molar-refractivity contribution in [1.29, 1.82) is 0 Å². The number of ether oxygens (including phenoxy) is 1. The summed E-state index contributed by atoms with van der Waals surface area (Å²) in [5, 5.41) is 18.6. The molecule has 1 atom stereocenters. The Labute approximate surface area is 82.9 Å². The minimum atomic E-state index is -0.574. The van der Waals surface area contributed by atoms with Gasteiger partial charge in [-0.1, -0.05) is 12.1 Å². The molecule has 0 bridgehead atoms. The smallest absolute Gasteiger partial charge is 0.162 e. The fraction of sp³-hybridized carbons (Fsp3) is 0.400. The average Bonchev–Trinajstić information content (AvgIpc) is 2.20. The number of rotatable bonds is 4. The maximum absolute atomic E-state index is 9.71. The minimum absolute atomic E-state index is 0.0101. The van der Waals surface area contributed by atoms with Crippen molar-refractivity contribution in [3.05, 3.63) is 23.8 Å². The van der Waals surface area contributed by atoms with E-state index in [9.17, 15) is 5.11 Å². The van der Waals surface area contributed by atoms with E-state index in [0.717, 1.165) is 0 Å². The summed E-state index contributed by atoms with van der Waals surface area (Å²) in [5.74, 6) is 0.407. The molecule has 0 aliphatic carbocycles. The Morgan fingerprint density at radius 3 is 2.79 bits per heavy atom. The van der Waals surface area contributed by atoms with Crippen LogP contribution in [0.25, 0.3) is 0 Å². The van der Waals surface area contributed by atoms with Gasteiger partial charge in [-0.05, 0) is 13.0 Å². The summed E-state index contributed by atoms with van der Waals surface area (Å²) in [6.45, 7) is 2.10. The quantitative estimate of drug-likeness (QED) is 0.666. The monoisotopic (exact) mass is 197 g/mol. The zero-order valence-electron chi connectivity index (χ0n) is 8.10. The van der Waals surface area contributed by atoms with Crippen LogP contribution in [0.5, 0.6) is 11.5 Å². The van der Waals surface area contributed by atoms with Gasteiger partial charge in [0.05, 0.1) is 19.3 Å². The number of aromatic hydroxyl groups is 1. The van der Waals surface area contributed by atoms with Crippen molar-refractivity contribution in [2.75, 3.05) is 13.2 Å². The van der Waals surface area contributed by atoms with Crippen molar-refractivity contribution in [1.82, 2.24) is 0 Å². The summed E-state index contributed by atoms with van der Waals surface area (Å²) in [6.07, 6.45) is 0. The first-order valence-electron chi connectivity index (χ1n) is 4.51. The molecule has 1 rings (SSSR count). The first kappa shape index (κ1) is 10.8. The van der Waals surface area contributed by atoms with E-state index in [1.54, 1.807) is 18.2 Å². The van der Waals surface area contributed by atoms with Gasteiger partial charge in [0.1, 0.15) is 0 Å². The van der Waals surface area contributed by atoms with Crippen LogP contribution in [0.2, 0.25) is 0 Å². The molecular weight excluding hydrogens is 182 g/mol. The Balaban J connectivity index is 3.00. The lowest BCUT2D eigenvalue weighted by atomic mass is 10.1. The highest BCUT2D eigenvalue weighted by Gasteiger charge is 2.13. The van der Waals surface area contributed by atoms with Gasteiger partial charge >= 0.3 is 0 Å². The van der Waals surface area contributed by atoms with Crippen LogP contribution in [-0.4, -0.2) is 23.4 Å². The zero-order chi connectivity index (χ0) is 10.6. The molecule has 0 radical (unpaired) electrons. The molecule has 0 aliphatic rings. The molecule has 0 fully saturated rings. The van der Waals surface area contributed by atoms with Crippen LogP contribution in [-0.2, 0) is 0 Å². The molecule has 4 nitrogen and oxygen atoms in total. The second kappa shape index (κ2) is 4.83. The van der Waals surface area contributed by atoms with E-state index in [4.69, 9.17) is 15.6 Å². The predicted octanol–water partition coefficient (Wildman–Crippen LogP) is 0.783. The maximum Gasteiger partial charge on any atom is 0.162 e. The number of phenols is 1. The fourth-order valence-corrected chi connectivity index (χ4v) is 1.21. The minimum Gasteiger partial charge on any atom is -0.504 e. The Hall–Kier alpha value is -1.26. The number of phenolic OH excluding ortho intramolecular Hbond substituents is 1. The summed E-state index contributed by atoms with van der Waals surface area (Å²) in [5.41, 5.74) is 6.09. The van der Waals surface area contributed by atoms with Crippen molar-refractivity contribution in [3.8, 4) is 11.5 Å². The standard InChI is InChI=1S/C10H15NO3/c1-2-14-9-5-3-4-7(10(9)13)8(11)6-12/h3-5,8,12-13H,2,6,11H2,1H3/t8-/m0/s1. The molecular formula is C10H15NO3. The molecule has 4 N–H and O–H groups in total. The van der Waals surface area contributed by atoms with Gasteiger partial charge in [0, 0.05) is 5.56 Å². The van der Waals surface area contributed by atoms with E-state index in [2.05, 4.69) is 0 Å². The Bertz CT molecular complexity index is 301. The van der Waals surface area contributed by atoms with Gasteiger partial charge in [-0.3, -0.25) is 0 Å². The second-order valence-corrected chi connectivity index (χ2v) is 2.92. The number of aliphatic hydroxyl groups is 1. The number of hydrogen-bond acceptors (Lipinski definition) is 4. The van der Waals surface area contributed by atoms with E-state index >= 15 is 0 Å². The largest absolute Gasteiger partial charge is 0.504 e. The van der Waals surface area contributed by atoms with E-state index in [-0.39, 0.29) is 12.4 Å².